The van der Waals surface area contributed by atoms with Gasteiger partial charge in [-0.25, -0.2) is 19.0 Å². The molecule has 10 heteroatoms. The van der Waals surface area contributed by atoms with Crippen LogP contribution in [0.3, 0.4) is 0 Å². The Labute approximate surface area is 200 Å². The number of aryl methyl sites for hydroxylation is 1. The van der Waals surface area contributed by atoms with E-state index in [0.29, 0.717) is 25.3 Å². The fourth-order valence-corrected chi connectivity index (χ4v) is 3.54. The molecule has 172 valence electrons. The molecule has 31 heavy (non-hydrogen) atoms. The smallest absolute Gasteiger partial charge is 0.191 e. The number of benzene rings is 1. The summed E-state index contributed by atoms with van der Waals surface area (Å²) >= 11 is 0. The van der Waals surface area contributed by atoms with Gasteiger partial charge in [0.05, 0.1) is 13.1 Å². The Balaban J connectivity index is 0.00000341. The molecule has 1 atom stereocenters. The summed E-state index contributed by atoms with van der Waals surface area (Å²) in [5.74, 6) is 2.29. The molecular weight excluding hydrogens is 512 g/mol. The number of hydrogen-bond donors (Lipinski definition) is 2. The number of aliphatic imine (C=N–C) groups is 1. The molecule has 0 saturated heterocycles. The van der Waals surface area contributed by atoms with E-state index < -0.39 is 0 Å². The molecule has 8 nitrogen and oxygen atoms in total. The molecule has 1 aliphatic heterocycles. The summed E-state index contributed by atoms with van der Waals surface area (Å²) in [4.78, 5) is 11.2. The Morgan fingerprint density at radius 1 is 1.39 bits per heavy atom. The van der Waals surface area contributed by atoms with E-state index in [1.54, 1.807) is 13.2 Å². The zero-order chi connectivity index (χ0) is 21.5. The van der Waals surface area contributed by atoms with E-state index in [1.807, 2.05) is 36.7 Å². The summed E-state index contributed by atoms with van der Waals surface area (Å²) in [6, 6.07) is 5.42. The number of halogens is 2. The molecule has 1 aromatic heterocycles. The first-order valence-electron chi connectivity index (χ1n) is 10.4. The zero-order valence-corrected chi connectivity index (χ0v) is 21.0. The first kappa shape index (κ1) is 25.5. The predicted molar refractivity (Wildman–Crippen MR) is 130 cm³/mol. The molecule has 2 N–H and O–H groups in total. The van der Waals surface area contributed by atoms with Crippen LogP contribution in [0.25, 0.3) is 0 Å². The van der Waals surface area contributed by atoms with Gasteiger partial charge in [-0.1, -0.05) is 6.07 Å². The lowest BCUT2D eigenvalue weighted by Crippen LogP contribution is -2.47. The normalized spacial score (nSPS) is 16.1. The van der Waals surface area contributed by atoms with Crippen molar-refractivity contribution in [3.05, 3.63) is 46.8 Å². The van der Waals surface area contributed by atoms with Gasteiger partial charge in [0, 0.05) is 38.2 Å². The van der Waals surface area contributed by atoms with Crippen molar-refractivity contribution in [3.63, 3.8) is 0 Å². The number of methoxy groups -OCH3 is 1. The van der Waals surface area contributed by atoms with Gasteiger partial charge in [-0.3, -0.25) is 0 Å². The van der Waals surface area contributed by atoms with E-state index in [1.165, 1.54) is 6.07 Å². The Kier molecular flexibility index (Phi) is 10.1. The third-order valence-corrected chi connectivity index (χ3v) is 4.88. The van der Waals surface area contributed by atoms with E-state index in [9.17, 15) is 4.39 Å². The van der Waals surface area contributed by atoms with Gasteiger partial charge in [0.15, 0.2) is 11.8 Å². The minimum atomic E-state index is -0.180. The highest BCUT2D eigenvalue weighted by Crippen LogP contribution is 2.15. The lowest BCUT2D eigenvalue weighted by Gasteiger charge is -2.25. The van der Waals surface area contributed by atoms with Crippen molar-refractivity contribution in [2.75, 3.05) is 27.7 Å². The maximum absolute atomic E-state index is 14.0. The van der Waals surface area contributed by atoms with Gasteiger partial charge in [0.25, 0.3) is 0 Å². The Bertz CT molecular complexity index is 871. The van der Waals surface area contributed by atoms with Crippen LogP contribution in [0.1, 0.15) is 36.1 Å². The third kappa shape index (κ3) is 7.39. The number of hydrogen-bond acceptors (Lipinski definition) is 5. The summed E-state index contributed by atoms with van der Waals surface area (Å²) in [5, 5.41) is 11.3. The monoisotopic (exact) mass is 545 g/mol. The molecule has 0 saturated carbocycles. The Morgan fingerprint density at radius 2 is 2.19 bits per heavy atom. The first-order valence-corrected chi connectivity index (χ1v) is 10.4. The van der Waals surface area contributed by atoms with Crippen molar-refractivity contribution in [1.82, 2.24) is 30.3 Å². The van der Waals surface area contributed by atoms with Crippen LogP contribution < -0.4 is 10.6 Å². The third-order valence-electron chi connectivity index (χ3n) is 4.88. The van der Waals surface area contributed by atoms with Gasteiger partial charge in [-0.05, 0) is 45.1 Å². The summed E-state index contributed by atoms with van der Waals surface area (Å²) in [5.41, 5.74) is 1.67. The number of ether oxygens (including phenoxy) is 1. The average Bonchev–Trinajstić information content (AvgIpc) is 3.10. The molecule has 2 heterocycles. The quantitative estimate of drug-likeness (QED) is 0.301. The molecule has 1 aliphatic rings. The SMILES string of the molecule is CCNC(=NCc1ccc(F)c(CN(C)C)c1)NC1CCc2nc(COC)nn2C1.I. The highest BCUT2D eigenvalue weighted by Gasteiger charge is 2.22. The number of aromatic nitrogens is 3. The number of nitrogens with one attached hydrogen (secondary N) is 2. The van der Waals surface area contributed by atoms with E-state index in [-0.39, 0.29) is 35.8 Å². The van der Waals surface area contributed by atoms with Crippen molar-refractivity contribution in [3.8, 4) is 0 Å². The van der Waals surface area contributed by atoms with Gasteiger partial charge >= 0.3 is 0 Å². The second kappa shape index (κ2) is 12.3. The second-order valence-corrected chi connectivity index (χ2v) is 7.80. The molecule has 3 rings (SSSR count). The van der Waals surface area contributed by atoms with E-state index in [0.717, 1.165) is 49.1 Å². The summed E-state index contributed by atoms with van der Waals surface area (Å²) in [7, 11) is 5.51. The summed E-state index contributed by atoms with van der Waals surface area (Å²) < 4.78 is 21.1. The second-order valence-electron chi connectivity index (χ2n) is 7.80. The maximum atomic E-state index is 14.0. The van der Waals surface area contributed by atoms with E-state index in [4.69, 9.17) is 9.73 Å². The number of fused-ring (bicyclic) bond motifs is 1. The Hall–Kier alpha value is -1.79. The van der Waals surface area contributed by atoms with Crippen LogP contribution in [-0.2, 0) is 37.4 Å². The highest BCUT2D eigenvalue weighted by molar-refractivity contribution is 14.0. The van der Waals surface area contributed by atoms with Crippen LogP contribution in [0.2, 0.25) is 0 Å². The van der Waals surface area contributed by atoms with Crippen molar-refractivity contribution in [2.45, 2.75) is 52.0 Å². The van der Waals surface area contributed by atoms with Crippen LogP contribution in [0, 0.1) is 5.82 Å². The largest absolute Gasteiger partial charge is 0.377 e. The van der Waals surface area contributed by atoms with Crippen molar-refractivity contribution in [1.29, 1.82) is 0 Å². The molecule has 2 aromatic rings. The molecular formula is C21H33FIN7O. The van der Waals surface area contributed by atoms with E-state index in [2.05, 4.69) is 20.7 Å². The van der Waals surface area contributed by atoms with Crippen LogP contribution in [0.15, 0.2) is 23.2 Å². The molecule has 0 fully saturated rings. The number of rotatable bonds is 8. The molecule has 0 spiro atoms. The highest BCUT2D eigenvalue weighted by atomic mass is 127. The molecule has 0 aliphatic carbocycles. The first-order chi connectivity index (χ1) is 14.5. The van der Waals surface area contributed by atoms with Crippen molar-refractivity contribution >= 4 is 29.9 Å². The van der Waals surface area contributed by atoms with Crippen molar-refractivity contribution < 1.29 is 9.13 Å². The van der Waals surface area contributed by atoms with Gasteiger partial charge in [0.1, 0.15) is 18.2 Å². The van der Waals surface area contributed by atoms with Crippen LogP contribution in [-0.4, -0.2) is 59.4 Å². The molecule has 1 unspecified atom stereocenters. The lowest BCUT2D eigenvalue weighted by molar-refractivity contribution is 0.177. The van der Waals surface area contributed by atoms with Gasteiger partial charge in [-0.2, -0.15) is 5.10 Å². The fraction of sp³-hybridized carbons (Fsp3) is 0.571. The molecule has 0 amide bonds. The molecule has 0 bridgehead atoms. The van der Waals surface area contributed by atoms with Gasteiger partial charge in [-0.15, -0.1) is 24.0 Å². The fourth-order valence-electron chi connectivity index (χ4n) is 3.54. The summed E-state index contributed by atoms with van der Waals surface area (Å²) in [6.07, 6.45) is 1.82. The van der Waals surface area contributed by atoms with Crippen molar-refractivity contribution in [2.24, 2.45) is 4.99 Å². The number of guanidine groups is 1. The lowest BCUT2D eigenvalue weighted by atomic mass is 10.1. The Morgan fingerprint density at radius 3 is 2.90 bits per heavy atom. The molecule has 0 radical (unpaired) electrons. The van der Waals surface area contributed by atoms with Crippen LogP contribution in [0.5, 0.6) is 0 Å². The van der Waals surface area contributed by atoms with Crippen LogP contribution in [0.4, 0.5) is 4.39 Å². The van der Waals surface area contributed by atoms with E-state index >= 15 is 0 Å². The van der Waals surface area contributed by atoms with Crippen LogP contribution >= 0.6 is 24.0 Å². The average molecular weight is 545 g/mol. The maximum Gasteiger partial charge on any atom is 0.191 e. The topological polar surface area (TPSA) is 79.6 Å². The standard InChI is InChI=1S/C21H32FN7O.HI/c1-5-23-21(24-11-15-6-8-18(22)16(10-15)12-28(2)3)25-17-7-9-20-26-19(14-30-4)27-29(20)13-17;/h6,8,10,17H,5,7,9,11-14H2,1-4H3,(H2,23,24,25);1H. The number of nitrogens with zero attached hydrogens (tertiary/aromatic N) is 5. The minimum absolute atomic E-state index is 0. The van der Waals surface area contributed by atoms with Gasteiger partial charge in [0.2, 0.25) is 0 Å². The zero-order valence-electron chi connectivity index (χ0n) is 18.7. The predicted octanol–water partition coefficient (Wildman–Crippen LogP) is 2.31. The summed E-state index contributed by atoms with van der Waals surface area (Å²) in [6.45, 7) is 5.01. The minimum Gasteiger partial charge on any atom is -0.377 e. The van der Waals surface area contributed by atoms with Gasteiger partial charge < -0.3 is 20.3 Å². The molecule has 1 aromatic carbocycles.